The fraction of sp³-hybridized carbons (Fsp3) is 0.0909. The van der Waals surface area contributed by atoms with E-state index in [-0.39, 0.29) is 0 Å². The average Bonchev–Trinajstić information content (AvgIpc) is 2.40. The van der Waals surface area contributed by atoms with E-state index in [0.29, 0.717) is 0 Å². The van der Waals surface area contributed by atoms with Crippen LogP contribution in [0.25, 0.3) is 0 Å². The molecule has 0 aliphatic rings. The van der Waals surface area contributed by atoms with E-state index in [2.05, 4.69) is 31.3 Å². The highest BCUT2D eigenvalue weighted by Crippen LogP contribution is 2.28. The quantitative estimate of drug-likeness (QED) is 0.668. The van der Waals surface area contributed by atoms with Crippen molar-refractivity contribution in [3.8, 4) is 0 Å². The van der Waals surface area contributed by atoms with Gasteiger partial charge in [-0.05, 0) is 6.07 Å². The lowest BCUT2D eigenvalue weighted by Gasteiger charge is -2.03. The molecule has 0 aliphatic heterocycles. The van der Waals surface area contributed by atoms with Crippen molar-refractivity contribution in [3.05, 3.63) is 60.7 Å². The molecule has 1 heterocycles. The molecule has 0 saturated carbocycles. The van der Waals surface area contributed by atoms with Crippen LogP contribution in [-0.2, 0) is 14.4 Å². The second kappa shape index (κ2) is 9.54. The summed E-state index contributed by atoms with van der Waals surface area (Å²) >= 11 is 0. The van der Waals surface area contributed by atoms with Gasteiger partial charge in [0.25, 0.3) is 0 Å². The van der Waals surface area contributed by atoms with E-state index in [0.717, 1.165) is 12.1 Å². The van der Waals surface area contributed by atoms with Crippen molar-refractivity contribution in [2.24, 2.45) is 0 Å². The van der Waals surface area contributed by atoms with Crippen molar-refractivity contribution in [3.63, 3.8) is 0 Å². The molecule has 0 atom stereocenters. The molecular weight excluding hydrogens is 352 g/mol. The van der Waals surface area contributed by atoms with Crippen molar-refractivity contribution in [2.45, 2.75) is 6.18 Å². The van der Waals surface area contributed by atoms with Crippen molar-refractivity contribution < 1.29 is 21.6 Å². The van der Waals surface area contributed by atoms with Gasteiger partial charge in [-0.15, -0.1) is 0 Å². The summed E-state index contributed by atoms with van der Waals surface area (Å²) in [5.41, 5.74) is -0.602. The molecular formula is C11H9Cl2F3N2O2S. The first-order valence-electron chi connectivity index (χ1n) is 5.07. The molecule has 0 aliphatic carbocycles. The Labute approximate surface area is 128 Å². The molecule has 4 nitrogen and oxygen atoms in total. The lowest BCUT2D eigenvalue weighted by Crippen LogP contribution is -2.03. The highest BCUT2D eigenvalue weighted by atomic mass is 36.0. The fourth-order valence-electron chi connectivity index (χ4n) is 0.880. The molecule has 2 aromatic rings. The molecule has 0 amide bonds. The van der Waals surface area contributed by atoms with Gasteiger partial charge >= 0.3 is 14.4 Å². The molecule has 0 N–H and O–H groups in total. The number of hydrogen-bond acceptors (Lipinski definition) is 4. The van der Waals surface area contributed by atoms with Crippen LogP contribution in [0, 0.1) is 0 Å². The Hall–Kier alpha value is -1.38. The van der Waals surface area contributed by atoms with E-state index in [9.17, 15) is 13.2 Å². The van der Waals surface area contributed by atoms with Crippen LogP contribution in [-0.4, -0.2) is 18.4 Å². The van der Waals surface area contributed by atoms with Crippen molar-refractivity contribution >= 4 is 29.6 Å². The summed E-state index contributed by atoms with van der Waals surface area (Å²) in [6, 6.07) is 8.14. The zero-order valence-corrected chi connectivity index (χ0v) is 12.5. The summed E-state index contributed by atoms with van der Waals surface area (Å²) in [6.07, 6.45) is 0.668. The van der Waals surface area contributed by atoms with Gasteiger partial charge in [0, 0.05) is 33.8 Å². The third-order valence-electron chi connectivity index (χ3n) is 1.58. The lowest BCUT2D eigenvalue weighted by atomic mass is 10.2. The molecule has 0 radical (unpaired) electrons. The van der Waals surface area contributed by atoms with Gasteiger partial charge in [-0.2, -0.15) is 21.6 Å². The molecule has 0 spiro atoms. The summed E-state index contributed by atoms with van der Waals surface area (Å²) in [6.45, 7) is 0. The lowest BCUT2D eigenvalue weighted by molar-refractivity contribution is -0.137. The Morgan fingerprint density at radius 2 is 1.33 bits per heavy atom. The first-order chi connectivity index (χ1) is 9.61. The third-order valence-corrected chi connectivity index (χ3v) is 1.58. The maximum absolute atomic E-state index is 11.8. The van der Waals surface area contributed by atoms with Crippen LogP contribution >= 0.6 is 21.4 Å². The minimum Gasteiger partial charge on any atom is -0.245 e. The summed E-state index contributed by atoms with van der Waals surface area (Å²) in [7, 11) is 4.81. The summed E-state index contributed by atoms with van der Waals surface area (Å²) in [4.78, 5) is 7.35. The van der Waals surface area contributed by atoms with Crippen molar-refractivity contribution in [2.75, 3.05) is 0 Å². The molecule has 10 heteroatoms. The smallest absolute Gasteiger partial charge is 0.245 e. The van der Waals surface area contributed by atoms with Crippen LogP contribution in [0.15, 0.2) is 55.1 Å². The topological polar surface area (TPSA) is 59.9 Å². The summed E-state index contributed by atoms with van der Waals surface area (Å²) < 4.78 is 53.7. The molecule has 21 heavy (non-hydrogen) atoms. The number of rotatable bonds is 0. The van der Waals surface area contributed by atoms with Crippen LogP contribution in [0.2, 0.25) is 0 Å². The second-order valence-electron chi connectivity index (χ2n) is 3.15. The first-order valence-corrected chi connectivity index (χ1v) is 8.20. The van der Waals surface area contributed by atoms with Crippen LogP contribution in [0.3, 0.4) is 0 Å². The minimum absolute atomic E-state index is 0.602. The Balaban J connectivity index is 0.000000312. The van der Waals surface area contributed by atoms with Crippen LogP contribution < -0.4 is 0 Å². The zero-order valence-electron chi connectivity index (χ0n) is 10.2. The summed E-state index contributed by atoms with van der Waals surface area (Å²) in [5, 5.41) is 0. The monoisotopic (exact) mass is 360 g/mol. The van der Waals surface area contributed by atoms with E-state index in [1.807, 2.05) is 0 Å². The first kappa shape index (κ1) is 19.6. The molecule has 1 aromatic carbocycles. The van der Waals surface area contributed by atoms with Gasteiger partial charge in [-0.3, -0.25) is 0 Å². The van der Waals surface area contributed by atoms with Gasteiger partial charge in [-0.1, -0.05) is 30.3 Å². The van der Waals surface area contributed by atoms with E-state index in [1.54, 1.807) is 24.5 Å². The van der Waals surface area contributed by atoms with Gasteiger partial charge < -0.3 is 0 Å². The van der Waals surface area contributed by atoms with Crippen LogP contribution in [0.5, 0.6) is 0 Å². The maximum atomic E-state index is 11.8. The molecule has 0 fully saturated rings. The van der Waals surface area contributed by atoms with Crippen molar-refractivity contribution in [1.82, 2.24) is 9.97 Å². The highest BCUT2D eigenvalue weighted by Gasteiger charge is 2.29. The summed E-state index contributed by atoms with van der Waals surface area (Å²) in [5.74, 6) is 0. The van der Waals surface area contributed by atoms with E-state index in [4.69, 9.17) is 8.42 Å². The van der Waals surface area contributed by atoms with Gasteiger partial charge in [0.2, 0.25) is 0 Å². The predicted octanol–water partition coefficient (Wildman–Crippen LogP) is 3.89. The number of hydrogen-bond donors (Lipinski definition) is 0. The average molecular weight is 361 g/mol. The Kier molecular flexibility index (Phi) is 8.91. The normalized spacial score (nSPS) is 10.5. The van der Waals surface area contributed by atoms with Gasteiger partial charge in [0.05, 0.1) is 5.56 Å². The molecule has 2 rings (SSSR count). The van der Waals surface area contributed by atoms with E-state index in [1.165, 1.54) is 18.5 Å². The second-order valence-corrected chi connectivity index (χ2v) is 6.81. The van der Waals surface area contributed by atoms with Crippen LogP contribution in [0.4, 0.5) is 13.2 Å². The van der Waals surface area contributed by atoms with E-state index >= 15 is 0 Å². The zero-order chi connectivity index (χ0) is 16.4. The maximum Gasteiger partial charge on any atom is 0.416 e. The minimum atomic E-state index is -4.21. The number of halogens is 5. The molecule has 0 saturated heterocycles. The molecule has 0 bridgehead atoms. The SMILES string of the molecule is FC(F)(F)c1ccccc1.O=S(=O)(Cl)Cl.c1cncnc1. The van der Waals surface area contributed by atoms with Crippen LogP contribution in [0.1, 0.15) is 5.56 Å². The number of benzene rings is 1. The number of alkyl halides is 3. The number of nitrogens with zero attached hydrogens (tertiary/aromatic N) is 2. The Bertz CT molecular complexity index is 561. The van der Waals surface area contributed by atoms with Gasteiger partial charge in [-0.25, -0.2) is 9.97 Å². The van der Waals surface area contributed by atoms with Gasteiger partial charge in [0.1, 0.15) is 6.33 Å². The van der Waals surface area contributed by atoms with Crippen molar-refractivity contribution in [1.29, 1.82) is 0 Å². The highest BCUT2D eigenvalue weighted by molar-refractivity contribution is 8.31. The largest absolute Gasteiger partial charge is 0.416 e. The predicted molar refractivity (Wildman–Crippen MR) is 74.1 cm³/mol. The third kappa shape index (κ3) is 14.8. The Morgan fingerprint density at radius 3 is 1.52 bits per heavy atom. The molecule has 0 unspecified atom stereocenters. The van der Waals surface area contributed by atoms with Gasteiger partial charge in [0.15, 0.2) is 0 Å². The standard InChI is InChI=1S/C7H5F3.C4H4N2.Cl2O2S/c8-7(9,10)6-4-2-1-3-5-6;1-2-5-4-6-3-1;1-5(2,3)4/h1-5H;1-4H;. The fourth-order valence-corrected chi connectivity index (χ4v) is 0.880. The molecule has 116 valence electrons. The Morgan fingerprint density at radius 1 is 0.905 bits per heavy atom. The number of aromatic nitrogens is 2. The van der Waals surface area contributed by atoms with E-state index < -0.39 is 20.0 Å². The molecule has 1 aromatic heterocycles.